The van der Waals surface area contributed by atoms with E-state index in [4.69, 9.17) is 11.6 Å². The minimum Gasteiger partial charge on any atom is -0.354 e. The molecule has 1 aromatic rings. The van der Waals surface area contributed by atoms with Crippen LogP contribution in [-0.2, 0) is 9.59 Å². The highest BCUT2D eigenvalue weighted by Crippen LogP contribution is 2.49. The Morgan fingerprint density at radius 1 is 1.21 bits per heavy atom. The number of carbonyl (C=O) groups is 2. The van der Waals surface area contributed by atoms with Crippen molar-refractivity contribution in [1.82, 2.24) is 10.6 Å². The van der Waals surface area contributed by atoms with E-state index in [1.54, 1.807) is 0 Å². The zero-order chi connectivity index (χ0) is 20.5. The summed E-state index contributed by atoms with van der Waals surface area (Å²) in [5.74, 6) is -2.12. The molecule has 2 amide bonds. The van der Waals surface area contributed by atoms with Crippen molar-refractivity contribution in [3.05, 3.63) is 34.4 Å². The third kappa shape index (κ3) is 4.32. The molecule has 0 aliphatic heterocycles. The molecular formula is C21H27ClF2N2O2. The Kier molecular flexibility index (Phi) is 6.28. The maximum atomic E-state index is 14.8. The number of rotatable bonds is 5. The molecule has 0 spiro atoms. The van der Waals surface area contributed by atoms with Crippen LogP contribution in [0.4, 0.5) is 8.78 Å². The minimum absolute atomic E-state index is 0.0339. The quantitative estimate of drug-likeness (QED) is 0.691. The van der Waals surface area contributed by atoms with Gasteiger partial charge in [0.25, 0.3) is 0 Å². The van der Waals surface area contributed by atoms with E-state index in [1.807, 2.05) is 6.92 Å². The number of carbonyl (C=O) groups excluding carboxylic acids is 2. The number of hydrogen-bond acceptors (Lipinski definition) is 2. The summed E-state index contributed by atoms with van der Waals surface area (Å²) in [6, 6.07) is 1.54. The number of hydrogen-bond donors (Lipinski definition) is 2. The molecule has 0 unspecified atom stereocenters. The van der Waals surface area contributed by atoms with Gasteiger partial charge in [0.1, 0.15) is 11.6 Å². The van der Waals surface area contributed by atoms with Crippen LogP contribution in [0.25, 0.3) is 0 Å². The van der Waals surface area contributed by atoms with E-state index in [1.165, 1.54) is 13.0 Å². The molecule has 2 aliphatic carbocycles. The molecule has 3 atom stereocenters. The lowest BCUT2D eigenvalue weighted by atomic mass is 9.76. The first-order valence-corrected chi connectivity index (χ1v) is 10.3. The Morgan fingerprint density at radius 2 is 1.89 bits per heavy atom. The first kappa shape index (κ1) is 21.0. The Balaban J connectivity index is 1.84. The van der Waals surface area contributed by atoms with Crippen LogP contribution in [0.3, 0.4) is 0 Å². The Bertz CT molecular complexity index is 765. The summed E-state index contributed by atoms with van der Waals surface area (Å²) >= 11 is 5.92. The predicted octanol–water partition coefficient (Wildman–Crippen LogP) is 4.66. The zero-order valence-electron chi connectivity index (χ0n) is 16.3. The van der Waals surface area contributed by atoms with E-state index in [-0.39, 0.29) is 34.4 Å². The van der Waals surface area contributed by atoms with Gasteiger partial charge in [0.15, 0.2) is 0 Å². The molecule has 2 aliphatic rings. The van der Waals surface area contributed by atoms with E-state index in [0.29, 0.717) is 12.8 Å². The van der Waals surface area contributed by atoms with Gasteiger partial charge in [0.05, 0.1) is 11.1 Å². The van der Waals surface area contributed by atoms with Crippen LogP contribution in [0, 0.1) is 23.0 Å². The van der Waals surface area contributed by atoms with Gasteiger partial charge in [-0.05, 0) is 49.7 Å². The molecule has 2 saturated carbocycles. The summed E-state index contributed by atoms with van der Waals surface area (Å²) in [4.78, 5) is 24.2. The maximum absolute atomic E-state index is 14.8. The summed E-state index contributed by atoms with van der Waals surface area (Å²) in [6.45, 7) is 3.43. The van der Waals surface area contributed by atoms with Crippen molar-refractivity contribution in [2.24, 2.45) is 11.3 Å². The molecule has 28 heavy (non-hydrogen) atoms. The third-order valence-electron chi connectivity index (χ3n) is 6.31. The van der Waals surface area contributed by atoms with Gasteiger partial charge in [-0.15, -0.1) is 0 Å². The molecular weight excluding hydrogens is 386 g/mol. The molecule has 0 bridgehead atoms. The Hall–Kier alpha value is -1.69. The van der Waals surface area contributed by atoms with Gasteiger partial charge in [-0.2, -0.15) is 0 Å². The SMILES string of the molecule is CC(=O)N[C@@H]1CC[C@@H](C(=O)N[C@H](c2c(F)ccc(Cl)c2F)C2(C)CCCC2)C1. The summed E-state index contributed by atoms with van der Waals surface area (Å²) in [5, 5.41) is 5.64. The second kappa shape index (κ2) is 8.36. The monoisotopic (exact) mass is 412 g/mol. The van der Waals surface area contributed by atoms with Crippen molar-refractivity contribution >= 4 is 23.4 Å². The van der Waals surface area contributed by atoms with Crippen molar-refractivity contribution in [1.29, 1.82) is 0 Å². The molecule has 154 valence electrons. The maximum Gasteiger partial charge on any atom is 0.223 e. The van der Waals surface area contributed by atoms with Crippen LogP contribution in [0.15, 0.2) is 12.1 Å². The van der Waals surface area contributed by atoms with Crippen LogP contribution < -0.4 is 10.6 Å². The van der Waals surface area contributed by atoms with Crippen LogP contribution in [0.1, 0.15) is 70.4 Å². The van der Waals surface area contributed by atoms with Gasteiger partial charge in [-0.1, -0.05) is 31.4 Å². The molecule has 2 fully saturated rings. The van der Waals surface area contributed by atoms with Crippen molar-refractivity contribution in [3.8, 4) is 0 Å². The average Bonchev–Trinajstić information content (AvgIpc) is 3.27. The summed E-state index contributed by atoms with van der Waals surface area (Å²) in [6.07, 6.45) is 5.38. The van der Waals surface area contributed by atoms with E-state index in [0.717, 1.165) is 38.2 Å². The number of halogens is 3. The standard InChI is InChI=1S/C21H27ClF2N2O2/c1-12(27)25-14-6-5-13(11-14)20(28)26-19(21(2)9-3-4-10-21)17-16(23)8-7-15(22)18(17)24/h7-8,13-14,19H,3-6,9-11H2,1-2H3,(H,25,27)(H,26,28)/t13-,14-,19-/m1/s1. The van der Waals surface area contributed by atoms with Crippen LogP contribution >= 0.6 is 11.6 Å². The summed E-state index contributed by atoms with van der Waals surface area (Å²) < 4.78 is 29.4. The molecule has 0 aromatic heterocycles. The highest BCUT2D eigenvalue weighted by molar-refractivity contribution is 6.30. The second-order valence-corrected chi connectivity index (χ2v) is 8.87. The van der Waals surface area contributed by atoms with Gasteiger partial charge in [-0.25, -0.2) is 8.78 Å². The fourth-order valence-corrected chi connectivity index (χ4v) is 4.94. The number of benzene rings is 1. The highest BCUT2D eigenvalue weighted by Gasteiger charge is 2.43. The fraction of sp³-hybridized carbons (Fsp3) is 0.619. The molecule has 0 radical (unpaired) electrons. The van der Waals surface area contributed by atoms with Crippen molar-refractivity contribution in [2.45, 2.75) is 70.9 Å². The van der Waals surface area contributed by atoms with Crippen LogP contribution in [0.5, 0.6) is 0 Å². The highest BCUT2D eigenvalue weighted by atomic mass is 35.5. The third-order valence-corrected chi connectivity index (χ3v) is 6.60. The van der Waals surface area contributed by atoms with Gasteiger partial charge < -0.3 is 10.6 Å². The number of amides is 2. The fourth-order valence-electron chi connectivity index (χ4n) is 4.77. The molecule has 7 heteroatoms. The lowest BCUT2D eigenvalue weighted by molar-refractivity contribution is -0.127. The van der Waals surface area contributed by atoms with Gasteiger partial charge in [0, 0.05) is 24.4 Å². The van der Waals surface area contributed by atoms with Gasteiger partial charge >= 0.3 is 0 Å². The lowest BCUT2D eigenvalue weighted by Gasteiger charge is -2.36. The Morgan fingerprint density at radius 3 is 2.54 bits per heavy atom. The smallest absolute Gasteiger partial charge is 0.223 e. The summed E-state index contributed by atoms with van der Waals surface area (Å²) in [5.41, 5.74) is -0.584. The van der Waals surface area contributed by atoms with Gasteiger partial charge in [0.2, 0.25) is 11.8 Å². The lowest BCUT2D eigenvalue weighted by Crippen LogP contribution is -2.42. The number of nitrogens with one attached hydrogen (secondary N) is 2. The second-order valence-electron chi connectivity index (χ2n) is 8.47. The normalized spacial score (nSPS) is 24.8. The van der Waals surface area contributed by atoms with Crippen molar-refractivity contribution < 1.29 is 18.4 Å². The van der Waals surface area contributed by atoms with Crippen molar-refractivity contribution in [3.63, 3.8) is 0 Å². The zero-order valence-corrected chi connectivity index (χ0v) is 17.0. The molecule has 2 N–H and O–H groups in total. The first-order chi connectivity index (χ1) is 13.2. The average molecular weight is 413 g/mol. The molecule has 0 heterocycles. The predicted molar refractivity (Wildman–Crippen MR) is 104 cm³/mol. The molecule has 0 saturated heterocycles. The molecule has 4 nitrogen and oxygen atoms in total. The summed E-state index contributed by atoms with van der Waals surface area (Å²) in [7, 11) is 0. The van der Waals surface area contributed by atoms with E-state index < -0.39 is 23.1 Å². The minimum atomic E-state index is -0.803. The van der Waals surface area contributed by atoms with Crippen LogP contribution in [0.2, 0.25) is 5.02 Å². The van der Waals surface area contributed by atoms with Crippen LogP contribution in [-0.4, -0.2) is 17.9 Å². The van der Waals surface area contributed by atoms with E-state index in [2.05, 4.69) is 10.6 Å². The topological polar surface area (TPSA) is 58.2 Å². The Labute approximate surface area is 169 Å². The molecule has 3 rings (SSSR count). The largest absolute Gasteiger partial charge is 0.354 e. The van der Waals surface area contributed by atoms with E-state index in [9.17, 15) is 18.4 Å². The van der Waals surface area contributed by atoms with E-state index >= 15 is 0 Å². The molecule has 1 aromatic carbocycles. The van der Waals surface area contributed by atoms with Gasteiger partial charge in [-0.3, -0.25) is 9.59 Å². The first-order valence-electron chi connectivity index (χ1n) is 9.92. The van der Waals surface area contributed by atoms with Crippen molar-refractivity contribution in [2.75, 3.05) is 0 Å².